The number of carbonyl (C=O) groups excluding carboxylic acids is 1. The molecule has 0 radical (unpaired) electrons. The number of hydrogen-bond acceptors (Lipinski definition) is 2. The second-order valence-electron chi connectivity index (χ2n) is 1.51. The van der Waals surface area contributed by atoms with Crippen molar-refractivity contribution in [1.29, 1.82) is 0 Å². The monoisotopic (exact) mass is 126 g/mol. The zero-order valence-electron chi connectivity index (χ0n) is 5.46. The Morgan fingerprint density at radius 3 is 2.89 bits per heavy atom. The number of esters is 1. The van der Waals surface area contributed by atoms with E-state index in [-0.39, 0.29) is 5.97 Å². The number of ether oxygens (including phenoxy) is 1. The van der Waals surface area contributed by atoms with Gasteiger partial charge in [-0.1, -0.05) is 6.08 Å². The van der Waals surface area contributed by atoms with Gasteiger partial charge in [0.15, 0.2) is 0 Å². The van der Waals surface area contributed by atoms with Gasteiger partial charge in [0.05, 0.1) is 6.26 Å². The second kappa shape index (κ2) is 5.09. The van der Waals surface area contributed by atoms with Crippen LogP contribution in [0.5, 0.6) is 0 Å². The molecule has 2 heteroatoms. The third-order valence-electron chi connectivity index (χ3n) is 0.633. The average Bonchev–Trinajstić information content (AvgIpc) is 1.80. The Bertz CT molecular complexity index is 125. The molecule has 0 saturated carbocycles. The Morgan fingerprint density at radius 1 is 1.78 bits per heavy atom. The number of carbonyl (C=O) groups is 1. The van der Waals surface area contributed by atoms with Crippen LogP contribution in [0.4, 0.5) is 0 Å². The lowest BCUT2D eigenvalue weighted by molar-refractivity contribution is -0.135. The van der Waals surface area contributed by atoms with Crippen LogP contribution in [-0.4, -0.2) is 5.97 Å². The van der Waals surface area contributed by atoms with Crippen molar-refractivity contribution in [2.24, 2.45) is 0 Å². The highest BCUT2D eigenvalue weighted by Crippen LogP contribution is 1.84. The molecule has 0 aromatic carbocycles. The van der Waals surface area contributed by atoms with Gasteiger partial charge < -0.3 is 4.74 Å². The Kier molecular flexibility index (Phi) is 4.50. The molecule has 50 valence electrons. The lowest BCUT2D eigenvalue weighted by Gasteiger charge is -1.87. The van der Waals surface area contributed by atoms with Gasteiger partial charge in [0, 0.05) is 6.92 Å². The van der Waals surface area contributed by atoms with Crippen molar-refractivity contribution in [3.63, 3.8) is 0 Å². The second-order valence-corrected chi connectivity index (χ2v) is 1.51. The lowest BCUT2D eigenvalue weighted by Crippen LogP contribution is -1.88. The molecular weight excluding hydrogens is 116 g/mol. The van der Waals surface area contributed by atoms with Gasteiger partial charge in [-0.3, -0.25) is 4.79 Å². The standard InChI is InChI=1S/C7H10O2/c1-3-4-5-6-9-7(2)8/h3,5-6H,1,4H2,2H3. The minimum atomic E-state index is -0.296. The molecule has 0 N–H and O–H groups in total. The summed E-state index contributed by atoms with van der Waals surface area (Å²) in [5, 5.41) is 0. The number of allylic oxidation sites excluding steroid dienone is 2. The Balaban J connectivity index is 3.24. The highest BCUT2D eigenvalue weighted by atomic mass is 16.5. The van der Waals surface area contributed by atoms with Crippen molar-refractivity contribution >= 4 is 5.97 Å². The predicted molar refractivity (Wildman–Crippen MR) is 35.7 cm³/mol. The summed E-state index contributed by atoms with van der Waals surface area (Å²) in [5.41, 5.74) is 0. The maximum Gasteiger partial charge on any atom is 0.307 e. The smallest absolute Gasteiger partial charge is 0.307 e. The molecule has 0 saturated heterocycles. The fraction of sp³-hybridized carbons (Fsp3) is 0.286. The zero-order valence-corrected chi connectivity index (χ0v) is 5.46. The highest BCUT2D eigenvalue weighted by Gasteiger charge is 1.81. The highest BCUT2D eigenvalue weighted by molar-refractivity contribution is 5.66. The summed E-state index contributed by atoms with van der Waals surface area (Å²) in [4.78, 5) is 10.1. The van der Waals surface area contributed by atoms with Crippen LogP contribution in [0, 0.1) is 0 Å². The van der Waals surface area contributed by atoms with E-state index in [4.69, 9.17) is 0 Å². The first-order valence-electron chi connectivity index (χ1n) is 2.70. The van der Waals surface area contributed by atoms with E-state index < -0.39 is 0 Å². The molecule has 0 amide bonds. The van der Waals surface area contributed by atoms with Crippen molar-refractivity contribution in [3.8, 4) is 0 Å². The molecule has 0 aliphatic heterocycles. The number of rotatable bonds is 3. The normalized spacial score (nSPS) is 9.44. The molecule has 0 aromatic heterocycles. The van der Waals surface area contributed by atoms with Crippen LogP contribution in [0.2, 0.25) is 0 Å². The first-order valence-corrected chi connectivity index (χ1v) is 2.70. The van der Waals surface area contributed by atoms with Crippen LogP contribution < -0.4 is 0 Å². The molecule has 0 heterocycles. The minimum absolute atomic E-state index is 0.296. The van der Waals surface area contributed by atoms with Gasteiger partial charge >= 0.3 is 5.97 Å². The third-order valence-corrected chi connectivity index (χ3v) is 0.633. The molecule has 0 fully saturated rings. The summed E-state index contributed by atoms with van der Waals surface area (Å²) < 4.78 is 4.48. The van der Waals surface area contributed by atoms with E-state index in [2.05, 4.69) is 11.3 Å². The van der Waals surface area contributed by atoms with E-state index in [1.54, 1.807) is 12.2 Å². The molecule has 0 rings (SSSR count). The van der Waals surface area contributed by atoms with Crippen LogP contribution >= 0.6 is 0 Å². The largest absolute Gasteiger partial charge is 0.435 e. The van der Waals surface area contributed by atoms with E-state index in [9.17, 15) is 4.79 Å². The minimum Gasteiger partial charge on any atom is -0.435 e. The fourth-order valence-electron chi connectivity index (χ4n) is 0.296. The van der Waals surface area contributed by atoms with Gasteiger partial charge in [0.2, 0.25) is 0 Å². The molecule has 0 unspecified atom stereocenters. The summed E-state index contributed by atoms with van der Waals surface area (Å²) in [5.74, 6) is -0.296. The van der Waals surface area contributed by atoms with E-state index in [1.165, 1.54) is 13.2 Å². The van der Waals surface area contributed by atoms with Crippen molar-refractivity contribution in [2.75, 3.05) is 0 Å². The fourth-order valence-corrected chi connectivity index (χ4v) is 0.296. The van der Waals surface area contributed by atoms with Crippen LogP contribution in [0.1, 0.15) is 13.3 Å². The molecular formula is C7H10O2. The first kappa shape index (κ1) is 7.95. The molecule has 2 nitrogen and oxygen atoms in total. The maximum atomic E-state index is 10.1. The molecule has 0 aromatic rings. The predicted octanol–water partition coefficient (Wildman–Crippen LogP) is 1.64. The summed E-state index contributed by atoms with van der Waals surface area (Å²) in [7, 11) is 0. The Labute approximate surface area is 54.8 Å². The summed E-state index contributed by atoms with van der Waals surface area (Å²) in [6.45, 7) is 4.84. The van der Waals surface area contributed by atoms with Gasteiger partial charge in [0.1, 0.15) is 0 Å². The Hall–Kier alpha value is -1.05. The van der Waals surface area contributed by atoms with Gasteiger partial charge in [-0.15, -0.1) is 6.58 Å². The summed E-state index contributed by atoms with van der Waals surface area (Å²) in [6.07, 6.45) is 5.53. The van der Waals surface area contributed by atoms with E-state index in [1.807, 2.05) is 0 Å². The SMILES string of the molecule is C=CCC=COC(C)=O. The molecule has 0 aliphatic carbocycles. The van der Waals surface area contributed by atoms with E-state index in [0.717, 1.165) is 6.42 Å². The molecule has 0 bridgehead atoms. The molecule has 9 heavy (non-hydrogen) atoms. The van der Waals surface area contributed by atoms with Crippen molar-refractivity contribution in [3.05, 3.63) is 25.0 Å². The maximum absolute atomic E-state index is 10.1. The van der Waals surface area contributed by atoms with E-state index >= 15 is 0 Å². The van der Waals surface area contributed by atoms with Gasteiger partial charge in [-0.25, -0.2) is 0 Å². The molecule has 0 aliphatic rings. The molecule has 0 spiro atoms. The van der Waals surface area contributed by atoms with Crippen LogP contribution in [0.3, 0.4) is 0 Å². The lowest BCUT2D eigenvalue weighted by atomic mass is 10.4. The summed E-state index contributed by atoms with van der Waals surface area (Å²) >= 11 is 0. The number of hydrogen-bond donors (Lipinski definition) is 0. The average molecular weight is 126 g/mol. The summed E-state index contributed by atoms with van der Waals surface area (Å²) in [6, 6.07) is 0. The van der Waals surface area contributed by atoms with Crippen molar-refractivity contribution < 1.29 is 9.53 Å². The first-order chi connectivity index (χ1) is 4.27. The zero-order chi connectivity index (χ0) is 7.11. The van der Waals surface area contributed by atoms with Crippen LogP contribution in [0.25, 0.3) is 0 Å². The Morgan fingerprint density at radius 2 is 2.44 bits per heavy atom. The third kappa shape index (κ3) is 6.95. The van der Waals surface area contributed by atoms with E-state index in [0.29, 0.717) is 0 Å². The van der Waals surface area contributed by atoms with Crippen molar-refractivity contribution in [1.82, 2.24) is 0 Å². The van der Waals surface area contributed by atoms with Gasteiger partial charge in [-0.05, 0) is 12.5 Å². The van der Waals surface area contributed by atoms with Crippen LogP contribution in [0.15, 0.2) is 25.0 Å². The quantitative estimate of drug-likeness (QED) is 0.326. The van der Waals surface area contributed by atoms with Crippen molar-refractivity contribution in [2.45, 2.75) is 13.3 Å². The molecule has 0 atom stereocenters. The van der Waals surface area contributed by atoms with Gasteiger partial charge in [-0.2, -0.15) is 0 Å². The van der Waals surface area contributed by atoms with Crippen LogP contribution in [-0.2, 0) is 9.53 Å². The van der Waals surface area contributed by atoms with Gasteiger partial charge in [0.25, 0.3) is 0 Å². The topological polar surface area (TPSA) is 26.3 Å².